The van der Waals surface area contributed by atoms with Crippen LogP contribution in [0.1, 0.15) is 44.2 Å². The summed E-state index contributed by atoms with van der Waals surface area (Å²) in [5, 5.41) is 21.9. The number of hydrogen-bond donors (Lipinski definition) is 4. The number of carbonyl (C=O) groups excluding carboxylic acids is 1. The lowest BCUT2D eigenvalue weighted by Gasteiger charge is -2.27. The zero-order valence-corrected chi connectivity index (χ0v) is 23.7. The molecule has 0 aromatic heterocycles. The van der Waals surface area contributed by atoms with Crippen LogP contribution in [-0.2, 0) is 17.8 Å². The van der Waals surface area contributed by atoms with Crippen molar-refractivity contribution in [2.75, 3.05) is 15.5 Å². The summed E-state index contributed by atoms with van der Waals surface area (Å²) in [5.41, 5.74) is 4.61. The maximum Gasteiger partial charge on any atom is 0.249 e. The largest absolute Gasteiger partial charge is 0.351 e. The van der Waals surface area contributed by atoms with Gasteiger partial charge in [-0.1, -0.05) is 62.4 Å². The fourth-order valence-electron chi connectivity index (χ4n) is 4.73. The van der Waals surface area contributed by atoms with Crippen molar-refractivity contribution in [3.05, 3.63) is 90.0 Å². The number of anilines is 3. The first-order valence-electron chi connectivity index (χ1n) is 13.6. The average molecular weight is 554 g/mol. The summed E-state index contributed by atoms with van der Waals surface area (Å²) in [6.45, 7) is 4.53. The van der Waals surface area contributed by atoms with E-state index in [-0.39, 0.29) is 11.9 Å². The van der Waals surface area contributed by atoms with Gasteiger partial charge in [0.05, 0.1) is 12.6 Å². The molecule has 40 heavy (non-hydrogen) atoms. The monoisotopic (exact) mass is 553 g/mol. The van der Waals surface area contributed by atoms with Crippen molar-refractivity contribution in [3.63, 3.8) is 0 Å². The number of benzene rings is 3. The molecule has 1 aliphatic rings. The van der Waals surface area contributed by atoms with Gasteiger partial charge in [-0.05, 0) is 79.4 Å². The average Bonchev–Trinajstić information content (AvgIpc) is 3.09. The minimum Gasteiger partial charge on any atom is -0.351 e. The molecule has 1 heterocycles. The quantitative estimate of drug-likeness (QED) is 0.0953. The lowest BCUT2D eigenvalue weighted by molar-refractivity contribution is -0.120. The minimum atomic E-state index is -0.476. The van der Waals surface area contributed by atoms with Gasteiger partial charge < -0.3 is 20.9 Å². The van der Waals surface area contributed by atoms with E-state index in [1.54, 1.807) is 0 Å². The Morgan fingerprint density at radius 2 is 1.75 bits per heavy atom. The first kappa shape index (κ1) is 28.6. The highest BCUT2D eigenvalue weighted by Crippen LogP contribution is 2.29. The highest BCUT2D eigenvalue weighted by Gasteiger charge is 2.31. The first-order valence-corrected chi connectivity index (χ1v) is 14.0. The van der Waals surface area contributed by atoms with Crippen LogP contribution in [0.15, 0.2) is 83.9 Å². The molecule has 4 N–H and O–H groups in total. The summed E-state index contributed by atoms with van der Waals surface area (Å²) in [4.78, 5) is 20.4. The number of nitrogens with zero attached hydrogens (tertiary/aromatic N) is 3. The number of nitrogens with one attached hydrogen (secondary N) is 4. The Hall–Kier alpha value is -4.42. The summed E-state index contributed by atoms with van der Waals surface area (Å²) < 4.78 is 0. The van der Waals surface area contributed by atoms with E-state index in [1.807, 2.05) is 83.9 Å². The number of rotatable bonds is 8. The molecule has 0 saturated heterocycles. The molecule has 3 aromatic carbocycles. The standard InChI is InChI=1S/C31H35N7OS/c1-3-24(4-2)34-30(33-21-32)35-26-15-10-11-22(19-26)20-38-28-16-9-8-12-23(28)17-18-27(29(38)39)37-31(40)36-25-13-6-5-7-14-25/h5-16,19,24,27H,3-4,17-18,20H2,1-2H3,(H2,33,34,35)(H2,36,37,40). The van der Waals surface area contributed by atoms with Gasteiger partial charge in [0.15, 0.2) is 11.3 Å². The molecule has 1 unspecified atom stereocenters. The van der Waals surface area contributed by atoms with E-state index >= 15 is 0 Å². The van der Waals surface area contributed by atoms with E-state index in [2.05, 4.69) is 46.2 Å². The molecule has 9 heteroatoms. The Kier molecular flexibility index (Phi) is 10.1. The second-order valence-electron chi connectivity index (χ2n) is 9.62. The third-order valence-corrected chi connectivity index (χ3v) is 7.06. The Labute approximate surface area is 241 Å². The van der Waals surface area contributed by atoms with Crippen LogP contribution in [0, 0.1) is 11.5 Å². The molecule has 0 saturated carbocycles. The summed E-state index contributed by atoms with van der Waals surface area (Å²) in [6, 6.07) is 25.2. The lowest BCUT2D eigenvalue weighted by Crippen LogP contribution is -2.49. The van der Waals surface area contributed by atoms with Gasteiger partial charge in [-0.15, -0.1) is 0 Å². The zero-order chi connectivity index (χ0) is 28.3. The van der Waals surface area contributed by atoms with Gasteiger partial charge in [-0.3, -0.25) is 10.1 Å². The van der Waals surface area contributed by atoms with Gasteiger partial charge in [0, 0.05) is 17.1 Å². The molecule has 3 aromatic rings. The van der Waals surface area contributed by atoms with Crippen molar-refractivity contribution < 1.29 is 4.79 Å². The molecular weight excluding hydrogens is 518 g/mol. The van der Waals surface area contributed by atoms with E-state index in [0.717, 1.165) is 47.5 Å². The third kappa shape index (κ3) is 7.58. The SMILES string of the molecule is CCC(CC)N=C(NC#N)Nc1cccc(CN2C(=O)C(NC(=S)Nc3ccccc3)CCc3ccccc32)c1. The van der Waals surface area contributed by atoms with Crippen LogP contribution in [0.25, 0.3) is 0 Å². The molecule has 0 fully saturated rings. The molecule has 0 bridgehead atoms. The van der Waals surface area contributed by atoms with Crippen LogP contribution in [0.2, 0.25) is 0 Å². The van der Waals surface area contributed by atoms with Gasteiger partial charge in [-0.25, -0.2) is 4.99 Å². The van der Waals surface area contributed by atoms with Crippen LogP contribution in [0.4, 0.5) is 17.1 Å². The first-order chi connectivity index (χ1) is 19.5. The summed E-state index contributed by atoms with van der Waals surface area (Å²) >= 11 is 5.55. The predicted molar refractivity (Wildman–Crippen MR) is 166 cm³/mol. The summed E-state index contributed by atoms with van der Waals surface area (Å²) in [7, 11) is 0. The molecule has 1 aliphatic heterocycles. The normalized spacial score (nSPS) is 15.1. The van der Waals surface area contributed by atoms with E-state index in [0.29, 0.717) is 24.0 Å². The van der Waals surface area contributed by atoms with Crippen molar-refractivity contribution in [3.8, 4) is 6.19 Å². The Morgan fingerprint density at radius 1 is 1.02 bits per heavy atom. The van der Waals surface area contributed by atoms with E-state index < -0.39 is 6.04 Å². The fraction of sp³-hybridized carbons (Fsp3) is 0.290. The predicted octanol–water partition coefficient (Wildman–Crippen LogP) is 5.55. The molecule has 1 amide bonds. The van der Waals surface area contributed by atoms with E-state index in [9.17, 15) is 10.1 Å². The summed E-state index contributed by atoms with van der Waals surface area (Å²) in [6.07, 6.45) is 5.10. The second-order valence-corrected chi connectivity index (χ2v) is 10.0. The van der Waals surface area contributed by atoms with Crippen LogP contribution in [-0.4, -0.2) is 29.1 Å². The van der Waals surface area contributed by atoms with Crippen LogP contribution in [0.3, 0.4) is 0 Å². The van der Waals surface area contributed by atoms with Gasteiger partial charge in [-0.2, -0.15) is 5.26 Å². The molecule has 206 valence electrons. The van der Waals surface area contributed by atoms with Crippen molar-refractivity contribution in [2.45, 2.75) is 58.2 Å². The zero-order valence-electron chi connectivity index (χ0n) is 22.9. The minimum absolute atomic E-state index is 0.0392. The van der Waals surface area contributed by atoms with Crippen molar-refractivity contribution >= 4 is 46.3 Å². The smallest absolute Gasteiger partial charge is 0.249 e. The highest BCUT2D eigenvalue weighted by atomic mass is 32.1. The van der Waals surface area contributed by atoms with Crippen molar-refractivity contribution in [2.24, 2.45) is 4.99 Å². The number of aryl methyl sites for hydroxylation is 1. The van der Waals surface area contributed by atoms with Crippen LogP contribution >= 0.6 is 12.2 Å². The number of para-hydroxylation sites is 2. The molecule has 1 atom stereocenters. The molecule has 4 rings (SSSR count). The third-order valence-electron chi connectivity index (χ3n) is 6.84. The van der Waals surface area contributed by atoms with Crippen molar-refractivity contribution in [1.29, 1.82) is 5.26 Å². The molecule has 0 spiro atoms. The number of fused-ring (bicyclic) bond motifs is 1. The number of thiocarbonyl (C=S) groups is 1. The van der Waals surface area contributed by atoms with Gasteiger partial charge in [0.1, 0.15) is 6.04 Å². The second kappa shape index (κ2) is 14.1. The van der Waals surface area contributed by atoms with Gasteiger partial charge >= 0.3 is 0 Å². The highest BCUT2D eigenvalue weighted by molar-refractivity contribution is 7.80. The fourth-order valence-corrected chi connectivity index (χ4v) is 4.99. The molecule has 0 radical (unpaired) electrons. The number of amides is 1. The van der Waals surface area contributed by atoms with Crippen LogP contribution < -0.4 is 26.2 Å². The molecule has 0 aliphatic carbocycles. The molecular formula is C31H35N7OS. The number of carbonyl (C=O) groups is 1. The maximum atomic E-state index is 13.9. The van der Waals surface area contributed by atoms with E-state index in [4.69, 9.17) is 12.2 Å². The topological polar surface area (TPSA) is 105 Å². The Bertz CT molecular complexity index is 1380. The van der Waals surface area contributed by atoms with Crippen LogP contribution in [0.5, 0.6) is 0 Å². The van der Waals surface area contributed by atoms with E-state index in [1.165, 1.54) is 0 Å². The number of guanidine groups is 1. The number of nitriles is 1. The Morgan fingerprint density at radius 3 is 2.50 bits per heavy atom. The molecule has 8 nitrogen and oxygen atoms in total. The lowest BCUT2D eigenvalue weighted by atomic mass is 10.1. The van der Waals surface area contributed by atoms with Crippen molar-refractivity contribution in [1.82, 2.24) is 10.6 Å². The number of aliphatic imine (C=N–C) groups is 1. The maximum absolute atomic E-state index is 13.9. The number of hydrogen-bond acceptors (Lipinski definition) is 4. The van der Waals surface area contributed by atoms with Gasteiger partial charge in [0.25, 0.3) is 0 Å². The van der Waals surface area contributed by atoms with Gasteiger partial charge in [0.2, 0.25) is 11.9 Å². The summed E-state index contributed by atoms with van der Waals surface area (Å²) in [5.74, 6) is 0.371. The Balaban J connectivity index is 1.55.